The molecule has 1 aliphatic rings. The predicted molar refractivity (Wildman–Crippen MR) is 49.4 cm³/mol. The fourth-order valence-corrected chi connectivity index (χ4v) is 1.69. The number of Topliss-reactive ketones (excluding diaryl/α,β-unsaturated/α-hetero) is 1. The van der Waals surface area contributed by atoms with Crippen LogP contribution in [0.25, 0.3) is 0 Å². The minimum absolute atomic E-state index is 0.705. The smallest absolute Gasteiger partial charge is 0.335 e. The van der Waals surface area contributed by atoms with Crippen LogP contribution in [0, 0.1) is 5.41 Å². The van der Waals surface area contributed by atoms with E-state index >= 15 is 0 Å². The van der Waals surface area contributed by atoms with Crippen LogP contribution in [0.2, 0.25) is 0 Å². The van der Waals surface area contributed by atoms with Gasteiger partial charge >= 0.3 is 5.97 Å². The van der Waals surface area contributed by atoms with Gasteiger partial charge in [0.15, 0.2) is 17.5 Å². The molecule has 92 valence electrons. The molecular formula is C9H14O7. The van der Waals surface area contributed by atoms with Crippen LogP contribution in [0.15, 0.2) is 0 Å². The van der Waals surface area contributed by atoms with E-state index in [1.54, 1.807) is 0 Å². The SMILES string of the molecule is CC1(C)C(=O)[C@]1(O)[C@@H](O)[C@H](O)[C@H](O)C(=O)O. The minimum Gasteiger partial charge on any atom is -0.479 e. The average molecular weight is 234 g/mol. The van der Waals surface area contributed by atoms with Crippen LogP contribution in [0.3, 0.4) is 0 Å². The standard InChI is InChI=1S/C9H14O7/c1-8(2)7(15)9(8,16)5(12)3(10)4(11)6(13)14/h3-5,10-12,16H,1-2H3,(H,13,14)/t3-,4+,5+,9-/m1/s1. The second-order valence-corrected chi connectivity index (χ2v) is 4.44. The first-order chi connectivity index (χ1) is 7.08. The largest absolute Gasteiger partial charge is 0.479 e. The van der Waals surface area contributed by atoms with Gasteiger partial charge in [-0.15, -0.1) is 0 Å². The van der Waals surface area contributed by atoms with E-state index in [1.807, 2.05) is 0 Å². The number of aliphatic hydroxyl groups is 4. The first-order valence-electron chi connectivity index (χ1n) is 4.62. The van der Waals surface area contributed by atoms with Gasteiger partial charge in [0.25, 0.3) is 0 Å². The number of carboxylic acids is 1. The van der Waals surface area contributed by atoms with Crippen LogP contribution in [-0.4, -0.2) is 61.2 Å². The Morgan fingerprint density at radius 3 is 1.88 bits per heavy atom. The lowest BCUT2D eigenvalue weighted by molar-refractivity contribution is -0.167. The Labute approximate surface area is 90.9 Å². The summed E-state index contributed by atoms with van der Waals surface area (Å²) >= 11 is 0. The molecule has 16 heavy (non-hydrogen) atoms. The molecule has 0 aromatic carbocycles. The van der Waals surface area contributed by atoms with Crippen LogP contribution in [0.4, 0.5) is 0 Å². The minimum atomic E-state index is -2.26. The average Bonchev–Trinajstić information content (AvgIpc) is 2.60. The highest BCUT2D eigenvalue weighted by molar-refractivity contribution is 6.11. The summed E-state index contributed by atoms with van der Waals surface area (Å²) in [6.07, 6.45) is -6.43. The molecule has 0 bridgehead atoms. The van der Waals surface area contributed by atoms with Crippen molar-refractivity contribution in [1.82, 2.24) is 0 Å². The molecule has 7 heteroatoms. The van der Waals surface area contributed by atoms with Gasteiger partial charge in [-0.2, -0.15) is 0 Å². The monoisotopic (exact) mass is 234 g/mol. The summed E-state index contributed by atoms with van der Waals surface area (Å²) in [5.41, 5.74) is -3.46. The summed E-state index contributed by atoms with van der Waals surface area (Å²) in [6, 6.07) is 0. The number of carboxylic acid groups (broad SMARTS) is 1. The van der Waals surface area contributed by atoms with Crippen molar-refractivity contribution in [3.8, 4) is 0 Å². The highest BCUT2D eigenvalue weighted by atomic mass is 16.4. The molecule has 0 heterocycles. The second-order valence-electron chi connectivity index (χ2n) is 4.44. The number of hydrogen-bond donors (Lipinski definition) is 5. The van der Waals surface area contributed by atoms with Crippen LogP contribution in [0.1, 0.15) is 13.8 Å². The molecule has 0 aromatic heterocycles. The molecule has 1 rings (SSSR count). The Morgan fingerprint density at radius 1 is 1.25 bits per heavy atom. The van der Waals surface area contributed by atoms with Crippen LogP contribution in [0.5, 0.6) is 0 Å². The number of hydrogen-bond acceptors (Lipinski definition) is 6. The Morgan fingerprint density at radius 2 is 1.62 bits per heavy atom. The summed E-state index contributed by atoms with van der Waals surface area (Å²) in [5, 5.41) is 45.9. The Bertz CT molecular complexity index is 337. The number of aliphatic hydroxyl groups excluding tert-OH is 3. The third-order valence-corrected chi connectivity index (χ3v) is 3.13. The Balaban J connectivity index is 2.85. The molecule has 0 unspecified atom stereocenters. The molecule has 0 saturated heterocycles. The molecular weight excluding hydrogens is 220 g/mol. The lowest BCUT2D eigenvalue weighted by Gasteiger charge is -2.25. The van der Waals surface area contributed by atoms with E-state index < -0.39 is 41.1 Å². The topological polar surface area (TPSA) is 135 Å². The number of carbonyl (C=O) groups is 2. The van der Waals surface area contributed by atoms with Crippen molar-refractivity contribution in [2.45, 2.75) is 37.8 Å². The van der Waals surface area contributed by atoms with Crippen LogP contribution in [-0.2, 0) is 9.59 Å². The van der Waals surface area contributed by atoms with Crippen molar-refractivity contribution in [1.29, 1.82) is 0 Å². The predicted octanol–water partition coefficient (Wildman–Crippen LogP) is -2.51. The molecule has 1 aliphatic carbocycles. The molecule has 1 fully saturated rings. The van der Waals surface area contributed by atoms with Gasteiger partial charge in [0.1, 0.15) is 12.2 Å². The highest BCUT2D eigenvalue weighted by Crippen LogP contribution is 2.54. The molecule has 0 spiro atoms. The number of aliphatic carboxylic acids is 1. The lowest BCUT2D eigenvalue weighted by Crippen LogP contribution is -2.50. The summed E-state index contributed by atoms with van der Waals surface area (Å²) in [6.45, 7) is 2.69. The second kappa shape index (κ2) is 3.49. The number of carbonyl (C=O) groups excluding carboxylic acids is 1. The van der Waals surface area contributed by atoms with Gasteiger partial charge in [-0.3, -0.25) is 4.79 Å². The van der Waals surface area contributed by atoms with Crippen molar-refractivity contribution in [3.63, 3.8) is 0 Å². The van der Waals surface area contributed by atoms with E-state index in [1.165, 1.54) is 13.8 Å². The first kappa shape index (κ1) is 13.0. The zero-order valence-electron chi connectivity index (χ0n) is 8.78. The molecule has 0 aliphatic heterocycles. The number of rotatable bonds is 4. The normalized spacial score (nSPS) is 33.0. The maximum Gasteiger partial charge on any atom is 0.335 e. The Hall–Kier alpha value is -1.02. The zero-order valence-corrected chi connectivity index (χ0v) is 8.78. The maximum atomic E-state index is 11.2. The van der Waals surface area contributed by atoms with Crippen LogP contribution < -0.4 is 0 Å². The van der Waals surface area contributed by atoms with Gasteiger partial charge in [0.2, 0.25) is 0 Å². The molecule has 5 N–H and O–H groups in total. The van der Waals surface area contributed by atoms with E-state index in [2.05, 4.69) is 0 Å². The van der Waals surface area contributed by atoms with Crippen molar-refractivity contribution in [3.05, 3.63) is 0 Å². The third-order valence-electron chi connectivity index (χ3n) is 3.13. The summed E-state index contributed by atoms with van der Waals surface area (Å²) in [7, 11) is 0. The van der Waals surface area contributed by atoms with Crippen molar-refractivity contribution in [2.75, 3.05) is 0 Å². The quantitative estimate of drug-likeness (QED) is 0.362. The summed E-state index contributed by atoms with van der Waals surface area (Å²) < 4.78 is 0. The van der Waals surface area contributed by atoms with E-state index in [9.17, 15) is 24.9 Å². The van der Waals surface area contributed by atoms with Gasteiger partial charge in [0.05, 0.1) is 5.41 Å². The van der Waals surface area contributed by atoms with Crippen molar-refractivity contribution >= 4 is 11.8 Å². The van der Waals surface area contributed by atoms with E-state index in [-0.39, 0.29) is 0 Å². The summed E-state index contributed by atoms with van der Waals surface area (Å²) in [4.78, 5) is 21.6. The molecule has 0 amide bonds. The fourth-order valence-electron chi connectivity index (χ4n) is 1.69. The molecule has 1 saturated carbocycles. The van der Waals surface area contributed by atoms with E-state index in [0.29, 0.717) is 0 Å². The summed E-state index contributed by atoms with van der Waals surface area (Å²) in [5.74, 6) is -2.45. The van der Waals surface area contributed by atoms with Gasteiger partial charge in [0, 0.05) is 0 Å². The lowest BCUT2D eigenvalue weighted by atomic mass is 9.95. The van der Waals surface area contributed by atoms with Gasteiger partial charge in [-0.1, -0.05) is 0 Å². The van der Waals surface area contributed by atoms with Crippen LogP contribution >= 0.6 is 0 Å². The zero-order chi connectivity index (χ0) is 12.9. The highest BCUT2D eigenvalue weighted by Gasteiger charge is 2.76. The number of ketones is 1. The van der Waals surface area contributed by atoms with Gasteiger partial charge < -0.3 is 25.5 Å². The van der Waals surface area contributed by atoms with E-state index in [0.717, 1.165) is 0 Å². The molecule has 4 atom stereocenters. The fraction of sp³-hybridized carbons (Fsp3) is 0.778. The Kier molecular flexibility index (Phi) is 2.85. The van der Waals surface area contributed by atoms with Gasteiger partial charge in [-0.05, 0) is 13.8 Å². The van der Waals surface area contributed by atoms with Crippen molar-refractivity contribution < 1.29 is 35.1 Å². The first-order valence-corrected chi connectivity index (χ1v) is 4.62. The van der Waals surface area contributed by atoms with Gasteiger partial charge in [-0.25, -0.2) is 4.79 Å². The third kappa shape index (κ3) is 1.44. The van der Waals surface area contributed by atoms with Crippen molar-refractivity contribution in [2.24, 2.45) is 5.41 Å². The maximum absolute atomic E-state index is 11.2. The molecule has 7 nitrogen and oxygen atoms in total. The molecule has 0 aromatic rings. The van der Waals surface area contributed by atoms with E-state index in [4.69, 9.17) is 10.2 Å². The molecule has 0 radical (unpaired) electrons.